The fourth-order valence-electron chi connectivity index (χ4n) is 4.93. The molecular weight excluding hydrogens is 573 g/mol. The van der Waals surface area contributed by atoms with Crippen LogP contribution in [0.1, 0.15) is 38.9 Å². The molecule has 209 valence electrons. The Bertz CT molecular complexity index is 1420. The first kappa shape index (κ1) is 30.3. The van der Waals surface area contributed by atoms with Gasteiger partial charge in [-0.25, -0.2) is 0 Å². The van der Waals surface area contributed by atoms with Crippen molar-refractivity contribution in [1.82, 2.24) is 0 Å². The maximum Gasteiger partial charge on any atom is 0.329 e. The Labute approximate surface area is 231 Å². The molecule has 4 rings (SSSR count). The highest BCUT2D eigenvalue weighted by atomic mass is 31.2. The van der Waals surface area contributed by atoms with Crippen molar-refractivity contribution in [2.24, 2.45) is 0 Å². The zero-order valence-electron chi connectivity index (χ0n) is 21.1. The van der Waals surface area contributed by atoms with E-state index in [-0.39, 0.29) is 0 Å². The van der Waals surface area contributed by atoms with Crippen molar-refractivity contribution >= 4 is 22.8 Å². The predicted molar refractivity (Wildman–Crippen MR) is 151 cm³/mol. The minimum Gasteiger partial charge on any atom is -0.324 e. The van der Waals surface area contributed by atoms with Crippen molar-refractivity contribution in [3.05, 3.63) is 142 Å². The molecule has 0 amide bonds. The third kappa shape index (κ3) is 7.54. The second kappa shape index (κ2) is 11.7. The molecule has 0 bridgehead atoms. The lowest BCUT2D eigenvalue weighted by Crippen LogP contribution is -2.31. The average molecular weight is 601 g/mol. The Kier molecular flexibility index (Phi) is 8.84. The summed E-state index contributed by atoms with van der Waals surface area (Å²) in [5.41, 5.74) is 3.33. The summed E-state index contributed by atoms with van der Waals surface area (Å²) in [5, 5.41) is 0. The van der Waals surface area contributed by atoms with Crippen LogP contribution >= 0.6 is 22.8 Å². The van der Waals surface area contributed by atoms with Crippen molar-refractivity contribution in [3.63, 3.8) is 0 Å². The van der Waals surface area contributed by atoms with Crippen LogP contribution in [-0.4, -0.2) is 29.4 Å². The van der Waals surface area contributed by atoms with Gasteiger partial charge < -0.3 is 29.4 Å². The van der Waals surface area contributed by atoms with Gasteiger partial charge in [0.15, 0.2) is 0 Å². The fraction of sp³-hybridized carbons (Fsp3) is 0.143. The van der Waals surface area contributed by atoms with Crippen LogP contribution in [0.2, 0.25) is 0 Å². The topological polar surface area (TPSA) is 173 Å². The van der Waals surface area contributed by atoms with E-state index in [1.807, 2.05) is 12.1 Å². The lowest BCUT2D eigenvalue weighted by atomic mass is 9.65. The van der Waals surface area contributed by atoms with Gasteiger partial charge in [-0.05, 0) is 45.0 Å². The van der Waals surface area contributed by atoms with E-state index in [4.69, 9.17) is 0 Å². The number of hydrogen-bond donors (Lipinski definition) is 6. The van der Waals surface area contributed by atoms with Crippen molar-refractivity contribution in [2.45, 2.75) is 23.9 Å². The van der Waals surface area contributed by atoms with Gasteiger partial charge in [-0.15, -0.1) is 0 Å². The van der Waals surface area contributed by atoms with E-state index in [9.17, 15) is 43.1 Å². The Morgan fingerprint density at radius 1 is 0.450 bits per heavy atom. The van der Waals surface area contributed by atoms with Gasteiger partial charge in [0.2, 0.25) is 0 Å². The highest BCUT2D eigenvalue weighted by Crippen LogP contribution is 2.47. The van der Waals surface area contributed by atoms with Crippen LogP contribution in [0.5, 0.6) is 0 Å². The van der Waals surface area contributed by atoms with E-state index < -0.39 is 46.7 Å². The molecule has 4 aromatic carbocycles. The summed E-state index contributed by atoms with van der Waals surface area (Å²) in [5.74, 6) is 0. The summed E-state index contributed by atoms with van der Waals surface area (Å²) < 4.78 is 34.8. The van der Waals surface area contributed by atoms with Crippen LogP contribution in [-0.2, 0) is 37.6 Å². The summed E-state index contributed by atoms with van der Waals surface area (Å²) in [6.45, 7) is 0. The first-order chi connectivity index (χ1) is 18.7. The monoisotopic (exact) mass is 601 g/mol. The number of rotatable bonds is 10. The lowest BCUT2D eigenvalue weighted by molar-refractivity contribution is 0.369. The van der Waals surface area contributed by atoms with Crippen LogP contribution < -0.4 is 0 Å². The van der Waals surface area contributed by atoms with Crippen LogP contribution in [0.3, 0.4) is 0 Å². The molecule has 0 aliphatic heterocycles. The van der Waals surface area contributed by atoms with Crippen molar-refractivity contribution in [2.75, 3.05) is 0 Å². The minimum atomic E-state index is -4.30. The van der Waals surface area contributed by atoms with Gasteiger partial charge in [0.05, 0.1) is 23.9 Å². The van der Waals surface area contributed by atoms with E-state index in [2.05, 4.69) is 6.07 Å². The normalized spacial score (nSPS) is 12.8. The maximum absolute atomic E-state index is 11.6. The summed E-state index contributed by atoms with van der Waals surface area (Å²) >= 11 is 0. The molecule has 9 nitrogen and oxygen atoms in total. The molecular formula is C28H28O9P3. The van der Waals surface area contributed by atoms with Crippen LogP contribution in [0.25, 0.3) is 0 Å². The van der Waals surface area contributed by atoms with Gasteiger partial charge in [0.1, 0.15) is 0 Å². The highest BCUT2D eigenvalue weighted by Gasteiger charge is 2.38. The molecule has 0 heterocycles. The van der Waals surface area contributed by atoms with Gasteiger partial charge in [0, 0.05) is 0 Å². The summed E-state index contributed by atoms with van der Waals surface area (Å²) in [4.78, 5) is 56.7. The second-order valence-electron chi connectivity index (χ2n) is 9.60. The van der Waals surface area contributed by atoms with Crippen molar-refractivity contribution in [1.29, 1.82) is 0 Å². The highest BCUT2D eigenvalue weighted by molar-refractivity contribution is 7.51. The standard InChI is InChI=1S/C28H28O9P3/c29-38(30,31)18-21-6-12-25(13-7-21)28(24-4-2-1-3-5-24,26-14-8-22(9-15-26)19-39(32,33)34)27-16-10-23(11-17-27)20-40(35,36)37/h2-17H,18-20H2,(H2,29,30,31)(H2,32,33,34)(H2,35,36,37). The quantitative estimate of drug-likeness (QED) is 0.109. The first-order valence-corrected chi connectivity index (χ1v) is 17.4. The Morgan fingerprint density at radius 2 is 0.700 bits per heavy atom. The van der Waals surface area contributed by atoms with Crippen LogP contribution in [0, 0.1) is 6.07 Å². The molecule has 0 spiro atoms. The molecule has 0 saturated carbocycles. The van der Waals surface area contributed by atoms with E-state index in [0.29, 0.717) is 16.7 Å². The van der Waals surface area contributed by atoms with Crippen LogP contribution in [0.15, 0.2) is 97.1 Å². The molecule has 12 heteroatoms. The number of benzene rings is 4. The Morgan fingerprint density at radius 3 is 0.950 bits per heavy atom. The Hall–Kier alpha value is -2.67. The van der Waals surface area contributed by atoms with Gasteiger partial charge in [0.25, 0.3) is 0 Å². The molecule has 0 saturated heterocycles. The molecule has 4 aromatic rings. The van der Waals surface area contributed by atoms with Gasteiger partial charge >= 0.3 is 22.8 Å². The zero-order chi connectivity index (χ0) is 29.2. The van der Waals surface area contributed by atoms with E-state index in [1.165, 1.54) is 0 Å². The molecule has 1 radical (unpaired) electrons. The summed E-state index contributed by atoms with van der Waals surface area (Å²) in [6, 6.07) is 30.7. The van der Waals surface area contributed by atoms with Gasteiger partial charge in [-0.1, -0.05) is 97.1 Å². The SMILES string of the molecule is O=P(O)(O)Cc1ccc(C(c2cc[c]cc2)(c2ccc(CP(=O)(O)O)cc2)c2ccc(CP(=O)(O)O)cc2)cc1. The third-order valence-electron chi connectivity index (χ3n) is 6.48. The molecule has 0 atom stereocenters. The zero-order valence-corrected chi connectivity index (χ0v) is 23.8. The van der Waals surface area contributed by atoms with Crippen molar-refractivity contribution in [3.8, 4) is 0 Å². The van der Waals surface area contributed by atoms with Crippen LogP contribution in [0.4, 0.5) is 0 Å². The van der Waals surface area contributed by atoms with E-state index >= 15 is 0 Å². The second-order valence-corrected chi connectivity index (χ2v) is 14.5. The molecule has 0 aliphatic carbocycles. The average Bonchev–Trinajstić information content (AvgIpc) is 2.85. The van der Waals surface area contributed by atoms with E-state index in [1.54, 1.807) is 84.9 Å². The summed E-state index contributed by atoms with van der Waals surface area (Å²) in [7, 11) is -12.9. The van der Waals surface area contributed by atoms with Gasteiger partial charge in [-0.3, -0.25) is 13.7 Å². The molecule has 0 aromatic heterocycles. The maximum atomic E-state index is 11.6. The molecule has 0 aliphatic rings. The molecule has 40 heavy (non-hydrogen) atoms. The van der Waals surface area contributed by atoms with E-state index in [0.717, 1.165) is 22.3 Å². The summed E-state index contributed by atoms with van der Waals surface area (Å²) in [6.07, 6.45) is -1.27. The molecule has 0 unspecified atom stereocenters. The minimum absolute atomic E-state index is 0.422. The Balaban J connectivity index is 1.96. The number of hydrogen-bond acceptors (Lipinski definition) is 3. The molecule has 6 N–H and O–H groups in total. The third-order valence-corrected chi connectivity index (χ3v) is 8.81. The lowest BCUT2D eigenvalue weighted by Gasteiger charge is -2.37. The predicted octanol–water partition coefficient (Wildman–Crippen LogP) is 4.90. The fourth-order valence-corrected chi connectivity index (χ4v) is 6.99. The smallest absolute Gasteiger partial charge is 0.324 e. The largest absolute Gasteiger partial charge is 0.329 e. The van der Waals surface area contributed by atoms with Gasteiger partial charge in [-0.2, -0.15) is 0 Å². The first-order valence-electron chi connectivity index (χ1n) is 12.0. The molecule has 0 fully saturated rings. The van der Waals surface area contributed by atoms with Crippen molar-refractivity contribution < 1.29 is 43.1 Å².